The number of ether oxygens (including phenoxy) is 6. The van der Waals surface area contributed by atoms with Gasteiger partial charge in [-0.1, -0.05) is 163 Å². The Morgan fingerprint density at radius 2 is 0.712 bits per heavy atom. The molecular weight excluding hydrogens is 865 g/mol. The largest absolute Gasteiger partial charge is 0.455 e. The molecule has 12 heteroatoms. The fraction of sp³-hybridized carbons (Fsp3) is 0.481. The Morgan fingerprint density at radius 1 is 0.455 bits per heavy atom. The van der Waals surface area contributed by atoms with Gasteiger partial charge < -0.3 is 37.3 Å². The quantitative estimate of drug-likeness (QED) is 0.0343. The molecule has 4 aromatic rings. The molecule has 10 nitrogen and oxygen atoms in total. The van der Waals surface area contributed by atoms with Crippen molar-refractivity contribution in [1.29, 1.82) is 0 Å². The lowest BCUT2D eigenvalue weighted by atomic mass is 10.0. The van der Waals surface area contributed by atoms with Crippen LogP contribution in [0.25, 0.3) is 0 Å². The Hall–Kier alpha value is -4.25. The smallest absolute Gasteiger partial charge is 0.303 e. The lowest BCUT2D eigenvalue weighted by molar-refractivity contribution is -0.170. The second kappa shape index (κ2) is 25.8. The molecule has 0 fully saturated rings. The van der Waals surface area contributed by atoms with Crippen LogP contribution in [0.4, 0.5) is 0 Å². The molecule has 0 heterocycles. The molecule has 0 saturated carbocycles. The molecular formula is C54H76O10Si2. The maximum atomic E-state index is 13.2. The van der Waals surface area contributed by atoms with Gasteiger partial charge in [-0.2, -0.15) is 0 Å². The van der Waals surface area contributed by atoms with Gasteiger partial charge in [-0.05, 0) is 70.7 Å². The lowest BCUT2D eigenvalue weighted by Gasteiger charge is -2.39. The Balaban J connectivity index is 1.85. The molecule has 0 aliphatic heterocycles. The number of hydrogen-bond acceptors (Lipinski definition) is 10. The van der Waals surface area contributed by atoms with Crippen molar-refractivity contribution in [1.82, 2.24) is 0 Å². The van der Waals surface area contributed by atoms with Crippen molar-refractivity contribution in [3.63, 3.8) is 0 Å². The third kappa shape index (κ3) is 18.1. The number of carbonyl (C=O) groups is 2. The summed E-state index contributed by atoms with van der Waals surface area (Å²) < 4.78 is 53.2. The van der Waals surface area contributed by atoms with Crippen LogP contribution in [0.15, 0.2) is 133 Å². The fourth-order valence-corrected chi connectivity index (χ4v) is 8.47. The van der Waals surface area contributed by atoms with E-state index in [1.807, 2.05) is 121 Å². The van der Waals surface area contributed by atoms with E-state index in [9.17, 15) is 9.59 Å². The average molecular weight is 941 g/mol. The van der Waals surface area contributed by atoms with Gasteiger partial charge in [-0.3, -0.25) is 9.59 Å². The Labute approximate surface area is 397 Å². The lowest BCUT2D eigenvalue weighted by Crippen LogP contribution is -2.50. The molecule has 0 bridgehead atoms. The highest BCUT2D eigenvalue weighted by molar-refractivity contribution is 6.74. The number of hydrogen-bond donors (Lipinski definition) is 0. The van der Waals surface area contributed by atoms with Crippen LogP contribution in [-0.2, 0) is 73.3 Å². The van der Waals surface area contributed by atoms with Crippen LogP contribution in [-0.4, -0.2) is 78.4 Å². The normalized spacial score (nSPS) is 15.4. The minimum absolute atomic E-state index is 0.0913. The zero-order chi connectivity index (χ0) is 48.4. The summed E-state index contributed by atoms with van der Waals surface area (Å²) in [5, 5.41) is -0.183. The number of benzene rings is 4. The summed E-state index contributed by atoms with van der Waals surface area (Å²) in [7, 11) is -4.64. The SMILES string of the molecule is CC(=O)O[C@H](/C=C/[C@@H](OC(C)=O)[C@H](OCc1ccccc1)[C@H](CO[Si](C)(C)C(C)(C)C)OCc1ccccc1)[C@H](OCc1ccccc1)[C@H](CO[Si](C)(C)C(C)(C)C)OCc1ccccc1. The highest BCUT2D eigenvalue weighted by Gasteiger charge is 2.42. The van der Waals surface area contributed by atoms with Crippen LogP contribution in [0.3, 0.4) is 0 Å². The van der Waals surface area contributed by atoms with Crippen LogP contribution in [0.2, 0.25) is 36.3 Å². The summed E-state index contributed by atoms with van der Waals surface area (Å²) in [6, 6.07) is 39.4. The molecule has 6 atom stereocenters. The summed E-state index contributed by atoms with van der Waals surface area (Å²) in [4.78, 5) is 26.3. The van der Waals surface area contributed by atoms with Gasteiger partial charge in [-0.25, -0.2) is 0 Å². The Morgan fingerprint density at radius 3 is 0.955 bits per heavy atom. The van der Waals surface area contributed by atoms with Gasteiger partial charge >= 0.3 is 11.9 Å². The second-order valence-electron chi connectivity index (χ2n) is 19.9. The minimum Gasteiger partial charge on any atom is -0.455 e. The molecule has 0 aliphatic carbocycles. The van der Waals surface area contributed by atoms with E-state index in [-0.39, 0.29) is 49.7 Å². The van der Waals surface area contributed by atoms with E-state index in [2.05, 4.69) is 67.7 Å². The Bertz CT molecular complexity index is 1890. The molecule has 0 aromatic heterocycles. The molecule has 0 amide bonds. The monoisotopic (exact) mass is 940 g/mol. The van der Waals surface area contributed by atoms with Crippen molar-refractivity contribution in [3.8, 4) is 0 Å². The standard InChI is InChI=1S/C54H76O10Si2/c1-41(55)63-47(51(59-37-45-29-21-15-22-30-45)49(39-61-65(9,10)53(3,4)5)57-35-43-25-17-13-18-26-43)33-34-48(64-42(2)56)52(60-38-46-31-23-16-24-32-46)50(40-62-66(11,12)54(6,7)8)58-36-44-27-19-14-20-28-44/h13-34,47-52H,35-40H2,1-12H3/b34-33+/t47-,48-,49+,50+,51+,52+/m1/s1. The van der Waals surface area contributed by atoms with E-state index >= 15 is 0 Å². The third-order valence-corrected chi connectivity index (χ3v) is 21.5. The van der Waals surface area contributed by atoms with Crippen molar-refractivity contribution in [2.45, 2.75) is 155 Å². The molecule has 0 N–H and O–H groups in total. The minimum atomic E-state index is -2.32. The van der Waals surface area contributed by atoms with Gasteiger partial charge in [0.15, 0.2) is 16.6 Å². The first-order chi connectivity index (χ1) is 31.1. The van der Waals surface area contributed by atoms with Gasteiger partial charge in [0.25, 0.3) is 0 Å². The van der Waals surface area contributed by atoms with Crippen molar-refractivity contribution < 1.29 is 46.9 Å². The molecule has 66 heavy (non-hydrogen) atoms. The molecule has 0 aliphatic rings. The number of esters is 2. The van der Waals surface area contributed by atoms with Crippen LogP contribution in [0.1, 0.15) is 77.6 Å². The van der Waals surface area contributed by atoms with Gasteiger partial charge in [-0.15, -0.1) is 0 Å². The third-order valence-electron chi connectivity index (χ3n) is 12.5. The van der Waals surface area contributed by atoms with E-state index in [4.69, 9.17) is 37.3 Å². The van der Waals surface area contributed by atoms with Crippen molar-refractivity contribution >= 4 is 28.6 Å². The first-order valence-corrected chi connectivity index (χ1v) is 28.9. The molecule has 4 aromatic carbocycles. The molecule has 4 rings (SSSR count). The van der Waals surface area contributed by atoms with Gasteiger partial charge in [0.2, 0.25) is 0 Å². The van der Waals surface area contributed by atoms with E-state index in [0.717, 1.165) is 22.3 Å². The average Bonchev–Trinajstić information content (AvgIpc) is 3.26. The number of carbonyl (C=O) groups excluding carboxylic acids is 2. The van der Waals surface area contributed by atoms with Crippen molar-refractivity contribution in [2.24, 2.45) is 0 Å². The summed E-state index contributed by atoms with van der Waals surface area (Å²) in [6.07, 6.45) is -1.82. The highest BCUT2D eigenvalue weighted by atomic mass is 28.4. The predicted octanol–water partition coefficient (Wildman–Crippen LogP) is 11.8. The van der Waals surface area contributed by atoms with Crippen LogP contribution >= 0.6 is 0 Å². The molecule has 0 radical (unpaired) electrons. The summed E-state index contributed by atoms with van der Waals surface area (Å²) in [5.41, 5.74) is 3.77. The van der Waals surface area contributed by atoms with E-state index in [1.54, 1.807) is 12.2 Å². The highest BCUT2D eigenvalue weighted by Crippen LogP contribution is 2.38. The van der Waals surface area contributed by atoms with Crippen LogP contribution in [0.5, 0.6) is 0 Å². The maximum absolute atomic E-state index is 13.2. The maximum Gasteiger partial charge on any atom is 0.303 e. The summed E-state index contributed by atoms with van der Waals surface area (Å²) in [6.45, 7) is 25.9. The zero-order valence-electron chi connectivity index (χ0n) is 41.5. The fourth-order valence-electron chi connectivity index (χ4n) is 6.44. The molecule has 0 spiro atoms. The Kier molecular flexibility index (Phi) is 21.2. The van der Waals surface area contributed by atoms with Crippen molar-refractivity contribution in [3.05, 3.63) is 156 Å². The first-order valence-electron chi connectivity index (χ1n) is 23.1. The number of rotatable bonds is 26. The topological polar surface area (TPSA) is 108 Å². The first kappa shape index (κ1) is 54.4. The second-order valence-corrected chi connectivity index (χ2v) is 29.5. The van der Waals surface area contributed by atoms with Crippen LogP contribution in [0, 0.1) is 0 Å². The molecule has 0 unspecified atom stereocenters. The van der Waals surface area contributed by atoms with Crippen molar-refractivity contribution in [2.75, 3.05) is 13.2 Å². The predicted molar refractivity (Wildman–Crippen MR) is 267 cm³/mol. The molecule has 360 valence electrons. The summed E-state index contributed by atoms with van der Waals surface area (Å²) >= 11 is 0. The van der Waals surface area contributed by atoms with Crippen LogP contribution < -0.4 is 0 Å². The molecule has 0 saturated heterocycles. The zero-order valence-corrected chi connectivity index (χ0v) is 43.5. The van der Waals surface area contributed by atoms with Gasteiger partial charge in [0.05, 0.1) is 39.6 Å². The van der Waals surface area contributed by atoms with Gasteiger partial charge in [0.1, 0.15) is 36.6 Å². The van der Waals surface area contributed by atoms with E-state index in [1.165, 1.54) is 13.8 Å². The van der Waals surface area contributed by atoms with E-state index in [0.29, 0.717) is 0 Å². The van der Waals surface area contributed by atoms with Gasteiger partial charge in [0, 0.05) is 13.8 Å². The van der Waals surface area contributed by atoms with E-state index < -0.39 is 65.2 Å². The summed E-state index contributed by atoms with van der Waals surface area (Å²) in [5.74, 6) is -1.06.